The van der Waals surface area contributed by atoms with Gasteiger partial charge in [0.1, 0.15) is 17.9 Å². The summed E-state index contributed by atoms with van der Waals surface area (Å²) in [5, 5.41) is 12.9. The minimum Gasteiger partial charge on any atom is -0.345 e. The van der Waals surface area contributed by atoms with Gasteiger partial charge < -0.3 is 26.6 Å². The van der Waals surface area contributed by atoms with Gasteiger partial charge in [-0.05, 0) is 36.0 Å². The minimum atomic E-state index is -1.12. The maximum atomic E-state index is 13.3. The molecule has 0 aliphatic heterocycles. The van der Waals surface area contributed by atoms with Crippen molar-refractivity contribution in [1.82, 2.24) is 26.3 Å². The van der Waals surface area contributed by atoms with E-state index in [1.54, 1.807) is 34.6 Å². The summed E-state index contributed by atoms with van der Waals surface area (Å²) in [5.74, 6) is -4.08. The average molecular weight is 581 g/mol. The number of nitrogens with one attached hydrogen (secondary N) is 5. The summed E-state index contributed by atoms with van der Waals surface area (Å²) in [5.41, 5.74) is 0.236. The maximum Gasteiger partial charge on any atom is 0.289 e. The van der Waals surface area contributed by atoms with Crippen molar-refractivity contribution in [2.75, 3.05) is 5.32 Å². The monoisotopic (exact) mass is 580 g/mol. The molecule has 5 N–H and O–H groups in total. The number of carbonyl (C=O) groups is 6. The first kappa shape index (κ1) is 33.6. The van der Waals surface area contributed by atoms with Crippen molar-refractivity contribution in [3.05, 3.63) is 59.8 Å². The molecule has 0 aliphatic carbocycles. The Balaban J connectivity index is 2.06. The van der Waals surface area contributed by atoms with Crippen LogP contribution in [0.2, 0.25) is 0 Å². The lowest BCUT2D eigenvalue weighted by Crippen LogP contribution is -2.59. The molecular formula is C30H40N6O6. The number of aromatic nitrogens is 1. The molecule has 226 valence electrons. The summed E-state index contributed by atoms with van der Waals surface area (Å²) in [6.07, 6.45) is 1.35. The van der Waals surface area contributed by atoms with E-state index in [2.05, 4.69) is 31.6 Å². The summed E-state index contributed by atoms with van der Waals surface area (Å²) in [6.45, 7) is 11.5. The molecule has 2 aromatic rings. The fourth-order valence-electron chi connectivity index (χ4n) is 3.89. The molecule has 12 heteroatoms. The van der Waals surface area contributed by atoms with Gasteiger partial charge in [0.15, 0.2) is 0 Å². The second-order valence-electron chi connectivity index (χ2n) is 11.4. The molecule has 0 saturated heterocycles. The van der Waals surface area contributed by atoms with Crippen LogP contribution in [0.15, 0.2) is 48.7 Å². The van der Waals surface area contributed by atoms with E-state index >= 15 is 0 Å². The predicted octanol–water partition coefficient (Wildman–Crippen LogP) is 1.72. The lowest BCUT2D eigenvalue weighted by atomic mass is 9.85. The van der Waals surface area contributed by atoms with Crippen LogP contribution >= 0.6 is 0 Å². The van der Waals surface area contributed by atoms with Gasteiger partial charge in [-0.1, -0.05) is 65.0 Å². The topological polar surface area (TPSA) is 175 Å². The first-order valence-corrected chi connectivity index (χ1v) is 13.6. The van der Waals surface area contributed by atoms with E-state index < -0.39 is 58.9 Å². The Labute approximate surface area is 245 Å². The zero-order chi connectivity index (χ0) is 31.6. The number of carbonyl (C=O) groups excluding carboxylic acids is 6. The number of amides is 5. The molecule has 2 rings (SSSR count). The quantitative estimate of drug-likeness (QED) is 0.237. The molecule has 3 unspecified atom stereocenters. The van der Waals surface area contributed by atoms with Gasteiger partial charge in [0, 0.05) is 25.2 Å². The number of benzene rings is 1. The van der Waals surface area contributed by atoms with Gasteiger partial charge in [-0.15, -0.1) is 0 Å². The highest BCUT2D eigenvalue weighted by Gasteiger charge is 2.36. The van der Waals surface area contributed by atoms with Crippen LogP contribution in [0.1, 0.15) is 64.4 Å². The lowest BCUT2D eigenvalue weighted by Gasteiger charge is -2.31. The predicted molar refractivity (Wildman–Crippen MR) is 157 cm³/mol. The average Bonchev–Trinajstić information content (AvgIpc) is 2.92. The number of ketones is 1. The summed E-state index contributed by atoms with van der Waals surface area (Å²) in [6, 6.07) is 8.64. The van der Waals surface area contributed by atoms with Gasteiger partial charge >= 0.3 is 0 Å². The SMILES string of the molecule is CC(=O)Nc1cc(C(=O)NC(C(=O)NC(C)C(=O)NC(C(=O)C(=O)NCc2ccccc2)C(C)C)C(C)(C)C)ccn1. The van der Waals surface area contributed by atoms with Crippen LogP contribution in [0.25, 0.3) is 0 Å². The van der Waals surface area contributed by atoms with E-state index in [0.717, 1.165) is 5.56 Å². The van der Waals surface area contributed by atoms with Gasteiger partial charge in [-0.3, -0.25) is 28.8 Å². The van der Waals surface area contributed by atoms with E-state index in [0.29, 0.717) is 0 Å². The molecule has 5 amide bonds. The largest absolute Gasteiger partial charge is 0.345 e. The van der Waals surface area contributed by atoms with Gasteiger partial charge in [-0.25, -0.2) is 4.98 Å². The van der Waals surface area contributed by atoms with Crippen LogP contribution in [-0.2, 0) is 30.5 Å². The Morgan fingerprint density at radius 3 is 2.07 bits per heavy atom. The van der Waals surface area contributed by atoms with E-state index in [9.17, 15) is 28.8 Å². The molecule has 42 heavy (non-hydrogen) atoms. The number of anilines is 1. The zero-order valence-electron chi connectivity index (χ0n) is 25.0. The van der Waals surface area contributed by atoms with Crippen molar-refractivity contribution >= 4 is 41.1 Å². The number of rotatable bonds is 12. The van der Waals surface area contributed by atoms with Crippen LogP contribution in [0.4, 0.5) is 5.82 Å². The van der Waals surface area contributed by atoms with E-state index in [-0.39, 0.29) is 23.8 Å². The Morgan fingerprint density at radius 2 is 1.50 bits per heavy atom. The molecule has 0 fully saturated rings. The Kier molecular flexibility index (Phi) is 11.9. The minimum absolute atomic E-state index is 0.157. The van der Waals surface area contributed by atoms with Crippen molar-refractivity contribution in [2.45, 2.75) is 73.1 Å². The molecule has 0 bridgehead atoms. The molecule has 3 atom stereocenters. The highest BCUT2D eigenvalue weighted by molar-refractivity contribution is 6.38. The van der Waals surface area contributed by atoms with E-state index in [4.69, 9.17) is 0 Å². The molecule has 0 spiro atoms. The summed E-state index contributed by atoms with van der Waals surface area (Å²) < 4.78 is 0. The van der Waals surface area contributed by atoms with Crippen LogP contribution in [0, 0.1) is 11.3 Å². The third-order valence-electron chi connectivity index (χ3n) is 6.25. The fourth-order valence-corrected chi connectivity index (χ4v) is 3.89. The van der Waals surface area contributed by atoms with Crippen LogP contribution in [-0.4, -0.2) is 58.4 Å². The number of hydrogen-bond donors (Lipinski definition) is 5. The number of Topliss-reactive ketones (excluding diaryl/α,β-unsaturated/α-hetero) is 1. The number of nitrogens with zero attached hydrogens (tertiary/aromatic N) is 1. The van der Waals surface area contributed by atoms with Gasteiger partial charge in [0.25, 0.3) is 11.8 Å². The second kappa shape index (κ2) is 14.9. The zero-order valence-corrected chi connectivity index (χ0v) is 25.0. The third-order valence-corrected chi connectivity index (χ3v) is 6.25. The van der Waals surface area contributed by atoms with E-state index in [1.165, 1.54) is 32.2 Å². The first-order valence-electron chi connectivity index (χ1n) is 13.6. The van der Waals surface area contributed by atoms with Crippen LogP contribution in [0.3, 0.4) is 0 Å². The van der Waals surface area contributed by atoms with Crippen molar-refractivity contribution < 1.29 is 28.8 Å². The molecule has 1 aromatic carbocycles. The Bertz CT molecular complexity index is 1300. The maximum absolute atomic E-state index is 13.3. The lowest BCUT2D eigenvalue weighted by molar-refractivity contribution is -0.141. The summed E-state index contributed by atoms with van der Waals surface area (Å²) in [7, 11) is 0. The summed E-state index contributed by atoms with van der Waals surface area (Å²) >= 11 is 0. The van der Waals surface area contributed by atoms with Crippen molar-refractivity contribution in [2.24, 2.45) is 11.3 Å². The first-order chi connectivity index (χ1) is 19.6. The van der Waals surface area contributed by atoms with Crippen molar-refractivity contribution in [1.29, 1.82) is 0 Å². The highest BCUT2D eigenvalue weighted by atomic mass is 16.2. The molecular weight excluding hydrogens is 540 g/mol. The fraction of sp³-hybridized carbons (Fsp3) is 0.433. The Morgan fingerprint density at radius 1 is 0.857 bits per heavy atom. The number of hydrogen-bond acceptors (Lipinski definition) is 7. The van der Waals surface area contributed by atoms with E-state index in [1.807, 2.05) is 30.3 Å². The van der Waals surface area contributed by atoms with Crippen molar-refractivity contribution in [3.63, 3.8) is 0 Å². The molecule has 0 saturated carbocycles. The number of pyridine rings is 1. The highest BCUT2D eigenvalue weighted by Crippen LogP contribution is 2.20. The van der Waals surface area contributed by atoms with Gasteiger partial charge in [0.05, 0.1) is 6.04 Å². The molecule has 12 nitrogen and oxygen atoms in total. The molecule has 1 aromatic heterocycles. The van der Waals surface area contributed by atoms with Gasteiger partial charge in [0.2, 0.25) is 23.5 Å². The third kappa shape index (κ3) is 10.1. The summed E-state index contributed by atoms with van der Waals surface area (Å²) in [4.78, 5) is 80.0. The van der Waals surface area contributed by atoms with Crippen molar-refractivity contribution in [3.8, 4) is 0 Å². The smallest absolute Gasteiger partial charge is 0.289 e. The normalized spacial score (nSPS) is 13.2. The molecule has 0 radical (unpaired) electrons. The van der Waals surface area contributed by atoms with Crippen LogP contribution in [0.5, 0.6) is 0 Å². The van der Waals surface area contributed by atoms with Crippen LogP contribution < -0.4 is 26.6 Å². The Hall–Kier alpha value is -4.61. The molecule has 0 aliphatic rings. The second-order valence-corrected chi connectivity index (χ2v) is 11.4. The standard InChI is InChI=1S/C30H40N6O6/c1-17(2)23(24(38)28(41)32-16-20-11-9-8-10-12-20)35-26(39)18(3)33-29(42)25(30(5,6)7)36-27(40)21-13-14-31-22(15-21)34-19(4)37/h8-15,17-18,23,25H,16H2,1-7H3,(H,32,41)(H,33,42)(H,35,39)(H,36,40)(H,31,34,37). The van der Waals surface area contributed by atoms with Gasteiger partial charge in [-0.2, -0.15) is 0 Å². The molecule has 1 heterocycles.